The smallest absolute Gasteiger partial charge is 0.233 e. The van der Waals surface area contributed by atoms with Crippen LogP contribution in [-0.2, 0) is 14.3 Å². The lowest BCUT2D eigenvalue weighted by molar-refractivity contribution is -0.117. The molecule has 0 atom stereocenters. The van der Waals surface area contributed by atoms with Crippen LogP contribution in [0.25, 0.3) is 0 Å². The van der Waals surface area contributed by atoms with E-state index >= 15 is 0 Å². The van der Waals surface area contributed by atoms with Crippen molar-refractivity contribution < 1.29 is 24.5 Å². The van der Waals surface area contributed by atoms with E-state index in [1.54, 1.807) is 55.5 Å². The topological polar surface area (TPSA) is 151 Å². The van der Waals surface area contributed by atoms with E-state index in [9.17, 15) is 15.0 Å². The number of Topliss-reactive ketones (excluding diaryl/α,β-unsaturated/α-hetero) is 1. The van der Waals surface area contributed by atoms with Crippen LogP contribution in [0.1, 0.15) is 19.8 Å². The van der Waals surface area contributed by atoms with E-state index in [2.05, 4.69) is 30.9 Å². The van der Waals surface area contributed by atoms with Crippen molar-refractivity contribution >= 4 is 35.0 Å². The molecule has 0 saturated carbocycles. The summed E-state index contributed by atoms with van der Waals surface area (Å²) < 4.78 is 11.0. The van der Waals surface area contributed by atoms with Gasteiger partial charge in [-0.15, -0.1) is 0 Å². The molecule has 11 nitrogen and oxygen atoms in total. The Morgan fingerprint density at radius 1 is 0.743 bits per heavy atom. The standard InChI is InChI=1S/C24H30N6O5/c1-17(31)3-2-13-34-15-16-35-14-12-25-22-28-23(26-18-4-8-20(32)9-5-18)30-24(29-22)27-19-6-10-21(33)11-7-19/h4-11,32-33H,2-3,12-16H2,1H3,(H3,25,26,27,28,29,30). The van der Waals surface area contributed by atoms with Crippen molar-refractivity contribution in [1.29, 1.82) is 0 Å². The lowest BCUT2D eigenvalue weighted by Gasteiger charge is -2.12. The second-order valence-electron chi connectivity index (χ2n) is 7.61. The molecular weight excluding hydrogens is 452 g/mol. The number of anilines is 5. The summed E-state index contributed by atoms with van der Waals surface area (Å²) in [5.41, 5.74) is 1.39. The Morgan fingerprint density at radius 3 is 1.74 bits per heavy atom. The summed E-state index contributed by atoms with van der Waals surface area (Å²) in [6.07, 6.45) is 1.25. The highest BCUT2D eigenvalue weighted by Gasteiger charge is 2.08. The van der Waals surface area contributed by atoms with Gasteiger partial charge in [0.1, 0.15) is 17.3 Å². The predicted octanol–water partition coefficient (Wildman–Crippen LogP) is 3.58. The van der Waals surface area contributed by atoms with Crippen molar-refractivity contribution in [3.63, 3.8) is 0 Å². The molecule has 11 heteroatoms. The van der Waals surface area contributed by atoms with Gasteiger partial charge in [-0.05, 0) is 61.9 Å². The molecule has 186 valence electrons. The molecule has 35 heavy (non-hydrogen) atoms. The van der Waals surface area contributed by atoms with Crippen LogP contribution in [0.5, 0.6) is 11.5 Å². The molecule has 0 amide bonds. The number of aromatic nitrogens is 3. The van der Waals surface area contributed by atoms with E-state index in [0.717, 1.165) is 6.42 Å². The summed E-state index contributed by atoms with van der Waals surface area (Å²) in [5, 5.41) is 28.3. The Labute approximate surface area is 203 Å². The van der Waals surface area contributed by atoms with Crippen molar-refractivity contribution in [1.82, 2.24) is 15.0 Å². The third-order valence-electron chi connectivity index (χ3n) is 4.60. The molecule has 0 aliphatic rings. The van der Waals surface area contributed by atoms with Crippen LogP contribution in [-0.4, -0.2) is 63.9 Å². The van der Waals surface area contributed by atoms with Gasteiger partial charge < -0.3 is 40.4 Å². The Kier molecular flexibility index (Phi) is 10.0. The van der Waals surface area contributed by atoms with E-state index in [1.807, 2.05) is 0 Å². The first kappa shape index (κ1) is 25.7. The number of nitrogens with zero attached hydrogens (tertiary/aromatic N) is 3. The lowest BCUT2D eigenvalue weighted by Crippen LogP contribution is -2.15. The number of carbonyl (C=O) groups excluding carboxylic acids is 1. The minimum absolute atomic E-state index is 0.157. The maximum atomic E-state index is 10.9. The Bertz CT molecular complexity index is 997. The highest BCUT2D eigenvalue weighted by atomic mass is 16.5. The summed E-state index contributed by atoms with van der Waals surface area (Å²) in [5.74, 6) is 1.42. The third-order valence-corrected chi connectivity index (χ3v) is 4.60. The van der Waals surface area contributed by atoms with Crippen molar-refractivity contribution in [3.05, 3.63) is 48.5 Å². The van der Waals surface area contributed by atoms with Gasteiger partial charge in [-0.2, -0.15) is 15.0 Å². The van der Waals surface area contributed by atoms with Gasteiger partial charge in [0.2, 0.25) is 17.8 Å². The number of ether oxygens (including phenoxy) is 2. The second-order valence-corrected chi connectivity index (χ2v) is 7.61. The number of benzene rings is 2. The summed E-state index contributed by atoms with van der Waals surface area (Å²) in [7, 11) is 0. The monoisotopic (exact) mass is 482 g/mol. The average molecular weight is 483 g/mol. The number of hydrogen-bond acceptors (Lipinski definition) is 11. The maximum Gasteiger partial charge on any atom is 0.233 e. The van der Waals surface area contributed by atoms with Gasteiger partial charge in [0.25, 0.3) is 0 Å². The Hall–Kier alpha value is -3.96. The molecule has 5 N–H and O–H groups in total. The molecule has 0 bridgehead atoms. The summed E-state index contributed by atoms with van der Waals surface area (Å²) in [6.45, 7) is 3.90. The zero-order valence-electron chi connectivity index (χ0n) is 19.5. The molecule has 0 saturated heterocycles. The minimum Gasteiger partial charge on any atom is -0.508 e. The van der Waals surface area contributed by atoms with Gasteiger partial charge in [-0.1, -0.05) is 0 Å². The first-order chi connectivity index (χ1) is 17.0. The molecular formula is C24H30N6O5. The number of hydrogen-bond donors (Lipinski definition) is 5. The van der Waals surface area contributed by atoms with Crippen LogP contribution in [0.15, 0.2) is 48.5 Å². The first-order valence-corrected chi connectivity index (χ1v) is 11.2. The van der Waals surface area contributed by atoms with Crippen LogP contribution >= 0.6 is 0 Å². The third kappa shape index (κ3) is 9.82. The number of aromatic hydroxyl groups is 2. The van der Waals surface area contributed by atoms with E-state index in [4.69, 9.17) is 9.47 Å². The van der Waals surface area contributed by atoms with E-state index in [-0.39, 0.29) is 17.3 Å². The highest BCUT2D eigenvalue weighted by Crippen LogP contribution is 2.21. The quantitative estimate of drug-likeness (QED) is 0.160. The zero-order valence-corrected chi connectivity index (χ0v) is 19.5. The van der Waals surface area contributed by atoms with Crippen LogP contribution in [0.2, 0.25) is 0 Å². The molecule has 0 radical (unpaired) electrons. The Morgan fingerprint density at radius 2 is 1.23 bits per heavy atom. The maximum absolute atomic E-state index is 10.9. The molecule has 0 spiro atoms. The Balaban J connectivity index is 1.53. The molecule has 0 unspecified atom stereocenters. The van der Waals surface area contributed by atoms with E-state index in [0.29, 0.717) is 68.6 Å². The highest BCUT2D eigenvalue weighted by molar-refractivity contribution is 5.75. The molecule has 0 aliphatic heterocycles. The summed E-state index contributed by atoms with van der Waals surface area (Å²) in [6, 6.07) is 13.0. The fraction of sp³-hybridized carbons (Fsp3) is 0.333. The molecule has 3 aromatic rings. The first-order valence-electron chi connectivity index (χ1n) is 11.2. The van der Waals surface area contributed by atoms with Crippen LogP contribution in [0.4, 0.5) is 29.2 Å². The van der Waals surface area contributed by atoms with Gasteiger partial charge in [-0.25, -0.2) is 0 Å². The van der Waals surface area contributed by atoms with Gasteiger partial charge in [0.05, 0.1) is 19.8 Å². The zero-order chi connectivity index (χ0) is 24.9. The summed E-state index contributed by atoms with van der Waals surface area (Å²) in [4.78, 5) is 24.1. The largest absolute Gasteiger partial charge is 0.508 e. The number of phenols is 2. The predicted molar refractivity (Wildman–Crippen MR) is 133 cm³/mol. The van der Waals surface area contributed by atoms with Gasteiger partial charge in [0, 0.05) is 30.9 Å². The van der Waals surface area contributed by atoms with Gasteiger partial charge in [0.15, 0.2) is 0 Å². The van der Waals surface area contributed by atoms with Crippen LogP contribution < -0.4 is 16.0 Å². The molecule has 1 aromatic heterocycles. The average Bonchev–Trinajstić information content (AvgIpc) is 2.83. The summed E-state index contributed by atoms with van der Waals surface area (Å²) >= 11 is 0. The van der Waals surface area contributed by atoms with Gasteiger partial charge in [-0.3, -0.25) is 0 Å². The number of carbonyl (C=O) groups is 1. The fourth-order valence-corrected chi connectivity index (χ4v) is 2.89. The number of nitrogens with one attached hydrogen (secondary N) is 3. The van der Waals surface area contributed by atoms with Crippen molar-refractivity contribution in [2.75, 3.05) is 48.9 Å². The van der Waals surface area contributed by atoms with Crippen molar-refractivity contribution in [2.45, 2.75) is 19.8 Å². The molecule has 0 fully saturated rings. The molecule has 0 aliphatic carbocycles. The molecule has 1 heterocycles. The minimum atomic E-state index is 0.157. The molecule has 3 rings (SSSR count). The van der Waals surface area contributed by atoms with E-state index < -0.39 is 0 Å². The SMILES string of the molecule is CC(=O)CCCOCCOCCNc1nc(Nc2ccc(O)cc2)nc(Nc2ccc(O)cc2)n1. The van der Waals surface area contributed by atoms with Crippen molar-refractivity contribution in [2.24, 2.45) is 0 Å². The van der Waals surface area contributed by atoms with Crippen LogP contribution in [0.3, 0.4) is 0 Å². The fourth-order valence-electron chi connectivity index (χ4n) is 2.89. The second kappa shape index (κ2) is 13.7. The lowest BCUT2D eigenvalue weighted by atomic mass is 10.2. The van der Waals surface area contributed by atoms with E-state index in [1.165, 1.54) is 0 Å². The normalized spacial score (nSPS) is 10.7. The van der Waals surface area contributed by atoms with Crippen molar-refractivity contribution in [3.8, 4) is 11.5 Å². The van der Waals surface area contributed by atoms with Gasteiger partial charge >= 0.3 is 0 Å². The van der Waals surface area contributed by atoms with Crippen LogP contribution in [0, 0.1) is 0 Å². The number of ketones is 1. The number of rotatable bonds is 15. The molecule has 2 aromatic carbocycles. The number of phenolic OH excluding ortho intramolecular Hbond substituents is 2.